The molecule has 0 atom stereocenters. The number of aromatic nitrogens is 1. The zero-order valence-corrected chi connectivity index (χ0v) is 11.0. The maximum Gasteiger partial charge on any atom is 0.250 e. The van der Waals surface area contributed by atoms with E-state index in [0.717, 1.165) is 6.54 Å². The Morgan fingerprint density at radius 1 is 1.50 bits per heavy atom. The summed E-state index contributed by atoms with van der Waals surface area (Å²) in [5.41, 5.74) is 11.5. The van der Waals surface area contributed by atoms with Crippen molar-refractivity contribution in [1.29, 1.82) is 0 Å². The largest absolute Gasteiger partial charge is 0.397 e. The number of nitrogen functional groups attached to an aromatic ring is 1. The first-order chi connectivity index (χ1) is 8.66. The van der Waals surface area contributed by atoms with Gasteiger partial charge in [-0.25, -0.2) is 4.98 Å². The highest BCUT2D eigenvalue weighted by Gasteiger charge is 2.14. The molecule has 1 amide bonds. The molecule has 0 unspecified atom stereocenters. The van der Waals surface area contributed by atoms with Gasteiger partial charge in [0.05, 0.1) is 17.4 Å². The van der Waals surface area contributed by atoms with E-state index in [1.807, 2.05) is 11.8 Å². The van der Waals surface area contributed by atoms with E-state index in [1.165, 1.54) is 30.5 Å². The molecule has 0 saturated carbocycles. The van der Waals surface area contributed by atoms with E-state index in [-0.39, 0.29) is 0 Å². The second-order valence-corrected chi connectivity index (χ2v) is 5.68. The number of carbonyl (C=O) groups is 1. The third-order valence-corrected chi connectivity index (χ3v) is 4.16. The molecule has 1 fully saturated rings. The summed E-state index contributed by atoms with van der Waals surface area (Å²) >= 11 is 2.01. The molecule has 0 bridgehead atoms. The number of nitrogens with zero attached hydrogens (tertiary/aromatic N) is 1. The van der Waals surface area contributed by atoms with Gasteiger partial charge in [0.25, 0.3) is 5.91 Å². The number of hydrogen-bond acceptors (Lipinski definition) is 5. The molecule has 2 heterocycles. The van der Waals surface area contributed by atoms with E-state index < -0.39 is 5.91 Å². The summed E-state index contributed by atoms with van der Waals surface area (Å²) < 4.78 is 0. The van der Waals surface area contributed by atoms with Crippen molar-refractivity contribution in [2.45, 2.75) is 12.8 Å². The van der Waals surface area contributed by atoms with Gasteiger partial charge in [-0.2, -0.15) is 11.8 Å². The molecule has 1 saturated heterocycles. The third kappa shape index (κ3) is 3.29. The fourth-order valence-electron chi connectivity index (χ4n) is 1.98. The number of thioether (sulfide) groups is 1. The Morgan fingerprint density at radius 3 is 2.89 bits per heavy atom. The van der Waals surface area contributed by atoms with Crippen molar-refractivity contribution in [3.8, 4) is 0 Å². The maximum absolute atomic E-state index is 11.2. The highest BCUT2D eigenvalue weighted by molar-refractivity contribution is 7.99. The molecule has 18 heavy (non-hydrogen) atoms. The van der Waals surface area contributed by atoms with Crippen LogP contribution in [0.3, 0.4) is 0 Å². The second kappa shape index (κ2) is 5.95. The minimum absolute atomic E-state index is 0.321. The quantitative estimate of drug-likeness (QED) is 0.764. The number of carbonyl (C=O) groups excluding carboxylic acids is 1. The van der Waals surface area contributed by atoms with E-state index in [2.05, 4.69) is 10.3 Å². The lowest BCUT2D eigenvalue weighted by molar-refractivity contribution is 0.100. The van der Waals surface area contributed by atoms with E-state index in [0.29, 0.717) is 23.0 Å². The van der Waals surface area contributed by atoms with Crippen molar-refractivity contribution in [3.05, 3.63) is 17.8 Å². The SMILES string of the molecule is NC(=O)c1cc(NCC2CCSCC2)ncc1N. The number of rotatable bonds is 4. The molecule has 1 aliphatic rings. The Labute approximate surface area is 111 Å². The zero-order chi connectivity index (χ0) is 13.0. The van der Waals surface area contributed by atoms with Crippen molar-refractivity contribution in [2.24, 2.45) is 11.7 Å². The van der Waals surface area contributed by atoms with Gasteiger partial charge in [-0.3, -0.25) is 4.79 Å². The van der Waals surface area contributed by atoms with E-state index >= 15 is 0 Å². The lowest BCUT2D eigenvalue weighted by Gasteiger charge is -2.21. The van der Waals surface area contributed by atoms with Gasteiger partial charge in [-0.1, -0.05) is 0 Å². The number of nitrogens with two attached hydrogens (primary N) is 2. The molecular formula is C12H18N4OS. The van der Waals surface area contributed by atoms with Crippen molar-refractivity contribution < 1.29 is 4.79 Å². The number of primary amides is 1. The van der Waals surface area contributed by atoms with Crippen LogP contribution in [0.1, 0.15) is 23.2 Å². The van der Waals surface area contributed by atoms with Gasteiger partial charge in [-0.05, 0) is 36.3 Å². The number of hydrogen-bond donors (Lipinski definition) is 3. The fraction of sp³-hybridized carbons (Fsp3) is 0.500. The normalized spacial score (nSPS) is 16.4. The van der Waals surface area contributed by atoms with Crippen molar-refractivity contribution >= 4 is 29.2 Å². The van der Waals surface area contributed by atoms with E-state index in [1.54, 1.807) is 6.07 Å². The second-order valence-electron chi connectivity index (χ2n) is 4.46. The fourth-order valence-corrected chi connectivity index (χ4v) is 3.18. The Morgan fingerprint density at radius 2 is 2.22 bits per heavy atom. The molecule has 0 aliphatic carbocycles. The Kier molecular flexibility index (Phi) is 4.30. The molecule has 6 heteroatoms. The topological polar surface area (TPSA) is 94.0 Å². The van der Waals surface area contributed by atoms with Crippen LogP contribution < -0.4 is 16.8 Å². The van der Waals surface area contributed by atoms with Gasteiger partial charge in [0.2, 0.25) is 0 Å². The molecule has 1 aliphatic heterocycles. The summed E-state index contributed by atoms with van der Waals surface area (Å²) in [5, 5.41) is 3.25. The number of pyridine rings is 1. The van der Waals surface area contributed by atoms with Gasteiger partial charge in [0, 0.05) is 6.54 Å². The first-order valence-corrected chi connectivity index (χ1v) is 7.19. The Balaban J connectivity index is 1.96. The van der Waals surface area contributed by atoms with Crippen LogP contribution in [0.15, 0.2) is 12.3 Å². The average Bonchev–Trinajstić information content (AvgIpc) is 2.38. The van der Waals surface area contributed by atoms with Crippen LogP contribution in [0.4, 0.5) is 11.5 Å². The first-order valence-electron chi connectivity index (χ1n) is 6.03. The van der Waals surface area contributed by atoms with Crippen molar-refractivity contribution in [2.75, 3.05) is 29.1 Å². The van der Waals surface area contributed by atoms with Crippen LogP contribution in [0.2, 0.25) is 0 Å². The molecule has 0 spiro atoms. The number of amides is 1. The van der Waals surface area contributed by atoms with Crippen LogP contribution in [0.25, 0.3) is 0 Å². The lowest BCUT2D eigenvalue weighted by Crippen LogP contribution is -2.20. The van der Waals surface area contributed by atoms with Gasteiger partial charge < -0.3 is 16.8 Å². The van der Waals surface area contributed by atoms with Crippen LogP contribution in [0.5, 0.6) is 0 Å². The van der Waals surface area contributed by atoms with Gasteiger partial charge in [0.15, 0.2) is 0 Å². The summed E-state index contributed by atoms with van der Waals surface area (Å²) in [6.45, 7) is 0.885. The van der Waals surface area contributed by atoms with Crippen molar-refractivity contribution in [1.82, 2.24) is 4.98 Å². The van der Waals surface area contributed by atoms with Crippen LogP contribution in [-0.4, -0.2) is 28.9 Å². The summed E-state index contributed by atoms with van der Waals surface area (Å²) in [4.78, 5) is 15.3. The van der Waals surface area contributed by atoms with Crippen molar-refractivity contribution in [3.63, 3.8) is 0 Å². The minimum atomic E-state index is -0.521. The van der Waals surface area contributed by atoms with Gasteiger partial charge in [-0.15, -0.1) is 0 Å². The number of nitrogens with one attached hydrogen (secondary N) is 1. The minimum Gasteiger partial charge on any atom is -0.397 e. The maximum atomic E-state index is 11.2. The summed E-state index contributed by atoms with van der Waals surface area (Å²) in [6, 6.07) is 1.62. The Hall–Kier alpha value is -1.43. The lowest BCUT2D eigenvalue weighted by atomic mass is 10.0. The van der Waals surface area contributed by atoms with E-state index in [4.69, 9.17) is 11.5 Å². The standard InChI is InChI=1S/C12H18N4OS/c13-10-7-16-11(5-9(10)12(14)17)15-6-8-1-3-18-4-2-8/h5,7-8H,1-4,6,13H2,(H2,14,17)(H,15,16). The predicted octanol–water partition coefficient (Wildman–Crippen LogP) is 1.32. The molecule has 0 radical (unpaired) electrons. The van der Waals surface area contributed by atoms with Crippen LogP contribution in [0, 0.1) is 5.92 Å². The molecule has 5 nitrogen and oxygen atoms in total. The molecule has 5 N–H and O–H groups in total. The Bertz CT molecular complexity index is 432. The molecule has 1 aromatic heterocycles. The molecule has 1 aromatic rings. The monoisotopic (exact) mass is 266 g/mol. The zero-order valence-electron chi connectivity index (χ0n) is 10.2. The molecular weight excluding hydrogens is 248 g/mol. The van der Waals surface area contributed by atoms with Crippen LogP contribution in [-0.2, 0) is 0 Å². The average molecular weight is 266 g/mol. The predicted molar refractivity (Wildman–Crippen MR) is 75.7 cm³/mol. The summed E-state index contributed by atoms with van der Waals surface area (Å²) in [7, 11) is 0. The van der Waals surface area contributed by atoms with Gasteiger partial charge >= 0.3 is 0 Å². The highest BCUT2D eigenvalue weighted by atomic mass is 32.2. The summed E-state index contributed by atoms with van der Waals surface area (Å²) in [6.07, 6.45) is 3.93. The van der Waals surface area contributed by atoms with Gasteiger partial charge in [0.1, 0.15) is 5.82 Å². The first kappa shape index (κ1) is 13.0. The third-order valence-electron chi connectivity index (χ3n) is 3.11. The van der Waals surface area contributed by atoms with Crippen LogP contribution >= 0.6 is 11.8 Å². The highest BCUT2D eigenvalue weighted by Crippen LogP contribution is 2.23. The van der Waals surface area contributed by atoms with E-state index in [9.17, 15) is 4.79 Å². The summed E-state index contributed by atoms with van der Waals surface area (Å²) in [5.74, 6) is 3.29. The molecule has 98 valence electrons. The number of anilines is 2. The molecule has 0 aromatic carbocycles. The smallest absolute Gasteiger partial charge is 0.250 e. The molecule has 2 rings (SSSR count).